The highest BCUT2D eigenvalue weighted by molar-refractivity contribution is 5.93. The molecule has 1 aliphatic rings. The molecule has 5 nitrogen and oxygen atoms in total. The van der Waals surface area contributed by atoms with E-state index in [0.717, 1.165) is 13.0 Å². The number of aromatic nitrogens is 1. The van der Waals surface area contributed by atoms with E-state index in [1.807, 2.05) is 0 Å². The number of nitrogens with two attached hydrogens (primary N) is 1. The van der Waals surface area contributed by atoms with E-state index in [1.54, 1.807) is 12.1 Å². The molecular formula is C13H20N4O. The summed E-state index contributed by atoms with van der Waals surface area (Å²) in [5.74, 6) is 0.351. The average Bonchev–Trinajstić information content (AvgIpc) is 2.88. The molecule has 0 unspecified atom stereocenters. The van der Waals surface area contributed by atoms with Gasteiger partial charge in [-0.3, -0.25) is 4.79 Å². The Morgan fingerprint density at radius 2 is 2.17 bits per heavy atom. The Hall–Kier alpha value is -1.62. The molecule has 0 spiro atoms. The van der Waals surface area contributed by atoms with Crippen LogP contribution < -0.4 is 11.1 Å². The summed E-state index contributed by atoms with van der Waals surface area (Å²) >= 11 is 0. The lowest BCUT2D eigenvalue weighted by Crippen LogP contribution is -2.28. The number of nitrogen functional groups attached to an aromatic ring is 1. The maximum atomic E-state index is 11.7. The second-order valence-corrected chi connectivity index (χ2v) is 4.63. The number of hydrogen-bond donors (Lipinski definition) is 2. The van der Waals surface area contributed by atoms with Crippen LogP contribution >= 0.6 is 0 Å². The molecule has 3 N–H and O–H groups in total. The molecule has 0 atom stereocenters. The number of anilines is 1. The second-order valence-electron chi connectivity index (χ2n) is 4.63. The number of pyridine rings is 1. The van der Waals surface area contributed by atoms with Crippen LogP contribution in [0.5, 0.6) is 0 Å². The number of carbonyl (C=O) groups excluding carboxylic acids is 1. The van der Waals surface area contributed by atoms with Gasteiger partial charge in [0.25, 0.3) is 5.91 Å². The average molecular weight is 248 g/mol. The molecule has 0 radical (unpaired) electrons. The lowest BCUT2D eigenvalue weighted by molar-refractivity contribution is 0.0951. The Morgan fingerprint density at radius 3 is 2.83 bits per heavy atom. The first kappa shape index (κ1) is 12.8. The number of rotatable bonds is 5. The third-order valence-electron chi connectivity index (χ3n) is 3.18. The van der Waals surface area contributed by atoms with Crippen LogP contribution in [-0.2, 0) is 0 Å². The predicted molar refractivity (Wildman–Crippen MR) is 71.3 cm³/mol. The standard InChI is InChI=1S/C13H20N4O/c14-12-5-4-11(10-16-12)13(18)15-6-3-9-17-7-1-2-8-17/h4-5,10H,1-3,6-9H2,(H2,14,16)(H,15,18). The first-order valence-corrected chi connectivity index (χ1v) is 6.48. The Kier molecular flexibility index (Phi) is 4.52. The van der Waals surface area contributed by atoms with Gasteiger partial charge in [-0.25, -0.2) is 4.98 Å². The topological polar surface area (TPSA) is 71.2 Å². The van der Waals surface area contributed by atoms with Crippen LogP contribution in [0.3, 0.4) is 0 Å². The molecule has 0 saturated carbocycles. The van der Waals surface area contributed by atoms with Crippen LogP contribution in [0, 0.1) is 0 Å². The fourth-order valence-electron chi connectivity index (χ4n) is 2.15. The highest BCUT2D eigenvalue weighted by Crippen LogP contribution is 2.07. The number of hydrogen-bond acceptors (Lipinski definition) is 4. The third-order valence-corrected chi connectivity index (χ3v) is 3.18. The molecule has 0 aromatic carbocycles. The summed E-state index contributed by atoms with van der Waals surface area (Å²) in [5, 5.41) is 2.90. The molecule has 5 heteroatoms. The summed E-state index contributed by atoms with van der Waals surface area (Å²) in [7, 11) is 0. The van der Waals surface area contributed by atoms with E-state index in [-0.39, 0.29) is 5.91 Å². The molecule has 1 saturated heterocycles. The van der Waals surface area contributed by atoms with Crippen molar-refractivity contribution in [2.45, 2.75) is 19.3 Å². The zero-order valence-electron chi connectivity index (χ0n) is 10.6. The van der Waals surface area contributed by atoms with E-state index in [9.17, 15) is 4.79 Å². The van der Waals surface area contributed by atoms with Crippen molar-refractivity contribution in [1.29, 1.82) is 0 Å². The Labute approximate surface area is 107 Å². The van der Waals surface area contributed by atoms with Crippen molar-refractivity contribution in [2.75, 3.05) is 31.9 Å². The molecule has 1 amide bonds. The van der Waals surface area contributed by atoms with Gasteiger partial charge in [0.2, 0.25) is 0 Å². The van der Waals surface area contributed by atoms with Gasteiger partial charge in [0.05, 0.1) is 5.56 Å². The van der Waals surface area contributed by atoms with Gasteiger partial charge in [0.15, 0.2) is 0 Å². The van der Waals surface area contributed by atoms with Gasteiger partial charge in [-0.05, 0) is 51.0 Å². The zero-order valence-corrected chi connectivity index (χ0v) is 10.6. The van der Waals surface area contributed by atoms with E-state index >= 15 is 0 Å². The molecule has 2 rings (SSSR count). The van der Waals surface area contributed by atoms with E-state index < -0.39 is 0 Å². The van der Waals surface area contributed by atoms with E-state index in [2.05, 4.69) is 15.2 Å². The number of nitrogens with zero attached hydrogens (tertiary/aromatic N) is 2. The van der Waals surface area contributed by atoms with Gasteiger partial charge in [0.1, 0.15) is 5.82 Å². The van der Waals surface area contributed by atoms with Gasteiger partial charge in [-0.2, -0.15) is 0 Å². The molecule has 0 bridgehead atoms. The quantitative estimate of drug-likeness (QED) is 0.759. The van der Waals surface area contributed by atoms with Gasteiger partial charge in [0, 0.05) is 12.7 Å². The van der Waals surface area contributed by atoms with Crippen molar-refractivity contribution in [3.8, 4) is 0 Å². The van der Waals surface area contributed by atoms with Crippen molar-refractivity contribution in [3.63, 3.8) is 0 Å². The summed E-state index contributed by atoms with van der Waals surface area (Å²) in [6.45, 7) is 4.19. The Bertz CT molecular complexity index is 384. The molecule has 1 fully saturated rings. The van der Waals surface area contributed by atoms with Crippen molar-refractivity contribution < 1.29 is 4.79 Å². The number of amides is 1. The van der Waals surface area contributed by atoms with Gasteiger partial charge in [-0.15, -0.1) is 0 Å². The van der Waals surface area contributed by atoms with Crippen LogP contribution in [0.1, 0.15) is 29.6 Å². The molecule has 98 valence electrons. The van der Waals surface area contributed by atoms with Gasteiger partial charge >= 0.3 is 0 Å². The van der Waals surface area contributed by atoms with Crippen molar-refractivity contribution in [1.82, 2.24) is 15.2 Å². The minimum atomic E-state index is -0.0797. The largest absolute Gasteiger partial charge is 0.384 e. The van der Waals surface area contributed by atoms with Crippen molar-refractivity contribution in [3.05, 3.63) is 23.9 Å². The smallest absolute Gasteiger partial charge is 0.252 e. The lowest BCUT2D eigenvalue weighted by atomic mass is 10.2. The Morgan fingerprint density at radius 1 is 1.39 bits per heavy atom. The number of likely N-dealkylation sites (tertiary alicyclic amines) is 1. The van der Waals surface area contributed by atoms with E-state index in [4.69, 9.17) is 5.73 Å². The van der Waals surface area contributed by atoms with Crippen LogP contribution in [-0.4, -0.2) is 42.0 Å². The minimum Gasteiger partial charge on any atom is -0.384 e. The molecule has 18 heavy (non-hydrogen) atoms. The Balaban J connectivity index is 1.66. The maximum absolute atomic E-state index is 11.7. The first-order chi connectivity index (χ1) is 8.75. The van der Waals surface area contributed by atoms with Crippen LogP contribution in [0.25, 0.3) is 0 Å². The monoisotopic (exact) mass is 248 g/mol. The van der Waals surface area contributed by atoms with Crippen molar-refractivity contribution >= 4 is 11.7 Å². The van der Waals surface area contributed by atoms with Gasteiger partial charge in [-0.1, -0.05) is 0 Å². The van der Waals surface area contributed by atoms with E-state index in [1.165, 1.54) is 32.1 Å². The van der Waals surface area contributed by atoms with Crippen molar-refractivity contribution in [2.24, 2.45) is 0 Å². The molecule has 1 aromatic rings. The van der Waals surface area contributed by atoms with E-state index in [0.29, 0.717) is 17.9 Å². The molecule has 0 aliphatic carbocycles. The normalized spacial score (nSPS) is 15.8. The summed E-state index contributed by atoms with van der Waals surface area (Å²) < 4.78 is 0. The predicted octanol–water partition coefficient (Wildman–Crippen LogP) is 0.879. The first-order valence-electron chi connectivity index (χ1n) is 6.48. The highest BCUT2D eigenvalue weighted by atomic mass is 16.1. The highest BCUT2D eigenvalue weighted by Gasteiger charge is 2.10. The van der Waals surface area contributed by atoms with Crippen LogP contribution in [0.4, 0.5) is 5.82 Å². The molecule has 1 aliphatic heterocycles. The SMILES string of the molecule is Nc1ccc(C(=O)NCCCN2CCCC2)cn1. The van der Waals surface area contributed by atoms with Crippen LogP contribution in [0.15, 0.2) is 18.3 Å². The summed E-state index contributed by atoms with van der Waals surface area (Å²) in [6, 6.07) is 3.33. The van der Waals surface area contributed by atoms with Crippen LogP contribution in [0.2, 0.25) is 0 Å². The molecular weight excluding hydrogens is 228 g/mol. The summed E-state index contributed by atoms with van der Waals surface area (Å²) in [6.07, 6.45) is 5.12. The van der Waals surface area contributed by atoms with Gasteiger partial charge < -0.3 is 16.0 Å². The minimum absolute atomic E-state index is 0.0797. The number of nitrogens with one attached hydrogen (secondary N) is 1. The zero-order chi connectivity index (χ0) is 12.8. The fourth-order valence-corrected chi connectivity index (χ4v) is 2.15. The maximum Gasteiger partial charge on any atom is 0.252 e. The molecule has 2 heterocycles. The fraction of sp³-hybridized carbons (Fsp3) is 0.538. The molecule has 1 aromatic heterocycles. The third kappa shape index (κ3) is 3.70. The summed E-state index contributed by atoms with van der Waals surface area (Å²) in [5.41, 5.74) is 6.03. The lowest BCUT2D eigenvalue weighted by Gasteiger charge is -2.14. The second kappa shape index (κ2) is 6.35. The summed E-state index contributed by atoms with van der Waals surface area (Å²) in [4.78, 5) is 18.1. The number of carbonyl (C=O) groups is 1.